The molecule has 5 rings (SSSR count). The lowest BCUT2D eigenvalue weighted by Gasteiger charge is -2.30. The monoisotopic (exact) mass is 363 g/mol. The highest BCUT2D eigenvalue weighted by molar-refractivity contribution is 5.50. The maximum absolute atomic E-state index is 6.40. The molecule has 0 radical (unpaired) electrons. The molecule has 0 saturated carbocycles. The van der Waals surface area contributed by atoms with Gasteiger partial charge in [-0.15, -0.1) is 10.2 Å². The van der Waals surface area contributed by atoms with Crippen LogP contribution in [0.25, 0.3) is 5.65 Å². The molecule has 3 aromatic rings. The zero-order chi connectivity index (χ0) is 18.4. The first-order valence-electron chi connectivity index (χ1n) is 9.83. The molecule has 6 nitrogen and oxygen atoms in total. The summed E-state index contributed by atoms with van der Waals surface area (Å²) >= 11 is 0. The molecular formula is C21H25N5O. The molecule has 3 atom stereocenters. The van der Waals surface area contributed by atoms with Gasteiger partial charge in [-0.3, -0.25) is 4.40 Å². The highest BCUT2D eigenvalue weighted by atomic mass is 16.5. The normalized spacial score (nSPS) is 25.0. The van der Waals surface area contributed by atoms with E-state index in [9.17, 15) is 0 Å². The van der Waals surface area contributed by atoms with Crippen LogP contribution in [-0.4, -0.2) is 27.2 Å². The molecule has 1 aromatic carbocycles. The van der Waals surface area contributed by atoms with Gasteiger partial charge in [-0.25, -0.2) is 0 Å². The van der Waals surface area contributed by atoms with Crippen molar-refractivity contribution in [2.24, 2.45) is 5.73 Å². The molecule has 2 aliphatic rings. The third-order valence-corrected chi connectivity index (χ3v) is 5.93. The highest BCUT2D eigenvalue weighted by Gasteiger charge is 2.27. The van der Waals surface area contributed by atoms with Crippen molar-refractivity contribution in [3.63, 3.8) is 0 Å². The van der Waals surface area contributed by atoms with Crippen LogP contribution in [0.2, 0.25) is 0 Å². The Morgan fingerprint density at radius 2 is 1.89 bits per heavy atom. The smallest absolute Gasteiger partial charge is 0.232 e. The Labute approximate surface area is 159 Å². The van der Waals surface area contributed by atoms with E-state index in [-0.39, 0.29) is 12.1 Å². The maximum atomic E-state index is 6.40. The molecule has 6 heteroatoms. The van der Waals surface area contributed by atoms with Crippen molar-refractivity contribution in [1.29, 1.82) is 0 Å². The molecule has 27 heavy (non-hydrogen) atoms. The number of nitrogens with two attached hydrogens (primary N) is 1. The second-order valence-electron chi connectivity index (χ2n) is 7.70. The van der Waals surface area contributed by atoms with Crippen LogP contribution in [-0.2, 0) is 0 Å². The zero-order valence-electron chi connectivity index (χ0n) is 15.6. The van der Waals surface area contributed by atoms with Crippen molar-refractivity contribution < 1.29 is 4.74 Å². The summed E-state index contributed by atoms with van der Waals surface area (Å²) in [6.07, 6.45) is 6.31. The van der Waals surface area contributed by atoms with E-state index in [1.807, 2.05) is 24.4 Å². The van der Waals surface area contributed by atoms with E-state index < -0.39 is 0 Å². The van der Waals surface area contributed by atoms with Crippen LogP contribution in [0.15, 0.2) is 42.6 Å². The molecule has 2 aromatic heterocycles. The van der Waals surface area contributed by atoms with E-state index in [1.165, 1.54) is 24.0 Å². The minimum atomic E-state index is 0.0316. The number of nitrogens with zero attached hydrogens (tertiary/aromatic N) is 4. The molecule has 0 bridgehead atoms. The Balaban J connectivity index is 1.47. The minimum Gasteiger partial charge on any atom is -0.484 e. The molecule has 2 N–H and O–H groups in total. The quantitative estimate of drug-likeness (QED) is 0.769. The van der Waals surface area contributed by atoms with Gasteiger partial charge >= 0.3 is 0 Å². The molecule has 1 aliphatic carbocycles. The van der Waals surface area contributed by atoms with Gasteiger partial charge in [0.15, 0.2) is 5.65 Å². The molecule has 140 valence electrons. The van der Waals surface area contributed by atoms with Gasteiger partial charge in [0.05, 0.1) is 6.20 Å². The van der Waals surface area contributed by atoms with Crippen molar-refractivity contribution in [2.45, 2.75) is 50.8 Å². The lowest BCUT2D eigenvalue weighted by atomic mass is 9.86. The van der Waals surface area contributed by atoms with Gasteiger partial charge < -0.3 is 15.4 Å². The summed E-state index contributed by atoms with van der Waals surface area (Å²) in [6, 6.07) is 12.9. The second-order valence-corrected chi connectivity index (χ2v) is 7.70. The molecule has 3 heterocycles. The highest BCUT2D eigenvalue weighted by Crippen LogP contribution is 2.37. The predicted molar refractivity (Wildman–Crippen MR) is 105 cm³/mol. The van der Waals surface area contributed by atoms with E-state index in [0.717, 1.165) is 36.7 Å². The third kappa shape index (κ3) is 2.84. The average molecular weight is 363 g/mol. The number of hydrogen-bond acceptors (Lipinski definition) is 5. The topological polar surface area (TPSA) is 68.7 Å². The number of rotatable bonds is 3. The number of benzene rings is 1. The lowest BCUT2D eigenvalue weighted by molar-refractivity contribution is 0.176. The largest absolute Gasteiger partial charge is 0.484 e. The van der Waals surface area contributed by atoms with Crippen molar-refractivity contribution in [1.82, 2.24) is 14.6 Å². The first-order chi connectivity index (χ1) is 13.2. The first kappa shape index (κ1) is 16.6. The number of ether oxygens (including phenoxy) is 1. The Kier molecular flexibility index (Phi) is 4.01. The third-order valence-electron chi connectivity index (χ3n) is 5.93. The van der Waals surface area contributed by atoms with E-state index in [0.29, 0.717) is 6.04 Å². The summed E-state index contributed by atoms with van der Waals surface area (Å²) in [4.78, 5) is 2.33. The fraction of sp³-hybridized carbons (Fsp3) is 0.429. The number of pyridine rings is 1. The molecule has 0 spiro atoms. The fourth-order valence-corrected chi connectivity index (χ4v) is 4.43. The lowest BCUT2D eigenvalue weighted by Crippen LogP contribution is -2.28. The Morgan fingerprint density at radius 1 is 1.04 bits per heavy atom. The number of fused-ring (bicyclic) bond motifs is 2. The van der Waals surface area contributed by atoms with Crippen LogP contribution in [0.4, 0.5) is 5.95 Å². The van der Waals surface area contributed by atoms with Gasteiger partial charge in [-0.05, 0) is 55.9 Å². The van der Waals surface area contributed by atoms with Gasteiger partial charge in [0, 0.05) is 18.6 Å². The average Bonchev–Trinajstić information content (AvgIpc) is 3.29. The number of hydrogen-bond donors (Lipinski definition) is 1. The fourth-order valence-electron chi connectivity index (χ4n) is 4.43. The summed E-state index contributed by atoms with van der Waals surface area (Å²) in [5.41, 5.74) is 9.54. The molecular weight excluding hydrogens is 338 g/mol. The van der Waals surface area contributed by atoms with E-state index in [1.54, 1.807) is 0 Å². The second kappa shape index (κ2) is 6.53. The van der Waals surface area contributed by atoms with Crippen molar-refractivity contribution >= 4 is 11.6 Å². The molecule has 1 fully saturated rings. The number of anilines is 1. The summed E-state index contributed by atoms with van der Waals surface area (Å²) < 4.78 is 8.45. The van der Waals surface area contributed by atoms with Crippen LogP contribution in [0.3, 0.4) is 0 Å². The van der Waals surface area contributed by atoms with Crippen LogP contribution in [0.5, 0.6) is 5.75 Å². The Bertz CT molecular complexity index is 968. The SMILES string of the molecule is CC1CCCN1c1nnc2ccc(O[C@@H]3CC[C@H](N)c4ccccc43)cn12. The van der Waals surface area contributed by atoms with E-state index in [4.69, 9.17) is 10.5 Å². The van der Waals surface area contributed by atoms with Crippen LogP contribution in [0, 0.1) is 0 Å². The molecule has 1 aliphatic heterocycles. The van der Waals surface area contributed by atoms with Gasteiger partial charge in [0.25, 0.3) is 0 Å². The van der Waals surface area contributed by atoms with Gasteiger partial charge in [0.1, 0.15) is 11.9 Å². The predicted octanol–water partition coefficient (Wildman–Crippen LogP) is 3.63. The van der Waals surface area contributed by atoms with Crippen molar-refractivity contribution in [2.75, 3.05) is 11.4 Å². The molecule has 0 amide bonds. The Morgan fingerprint density at radius 3 is 2.70 bits per heavy atom. The van der Waals surface area contributed by atoms with Gasteiger partial charge in [-0.2, -0.15) is 0 Å². The van der Waals surface area contributed by atoms with Crippen LogP contribution >= 0.6 is 0 Å². The molecule has 1 unspecified atom stereocenters. The first-order valence-corrected chi connectivity index (χ1v) is 9.83. The van der Waals surface area contributed by atoms with Gasteiger partial charge in [-0.1, -0.05) is 24.3 Å². The van der Waals surface area contributed by atoms with Crippen LogP contribution in [0.1, 0.15) is 55.9 Å². The van der Waals surface area contributed by atoms with E-state index in [2.05, 4.69) is 44.6 Å². The van der Waals surface area contributed by atoms with Crippen molar-refractivity contribution in [3.05, 3.63) is 53.7 Å². The summed E-state index contributed by atoms with van der Waals surface area (Å²) in [6.45, 7) is 3.28. The van der Waals surface area contributed by atoms with Crippen molar-refractivity contribution in [3.8, 4) is 5.75 Å². The van der Waals surface area contributed by atoms with Crippen LogP contribution < -0.4 is 15.4 Å². The van der Waals surface area contributed by atoms with E-state index >= 15 is 0 Å². The van der Waals surface area contributed by atoms with Gasteiger partial charge in [0.2, 0.25) is 5.95 Å². The summed E-state index contributed by atoms with van der Waals surface area (Å²) in [5, 5.41) is 8.76. The minimum absolute atomic E-state index is 0.0316. The Hall–Kier alpha value is -2.60. The number of aromatic nitrogens is 3. The molecule has 1 saturated heterocycles. The standard InChI is InChI=1S/C21H25N5O/c1-14-5-4-12-25(14)21-24-23-20-11-8-15(13-26(20)21)27-19-10-9-18(22)16-6-2-3-7-17(16)19/h2-3,6-8,11,13-14,18-19H,4-5,9-10,12,22H2,1H3/t14?,18-,19+/m0/s1. The zero-order valence-corrected chi connectivity index (χ0v) is 15.6. The summed E-state index contributed by atoms with van der Waals surface area (Å²) in [5.74, 6) is 1.75. The summed E-state index contributed by atoms with van der Waals surface area (Å²) in [7, 11) is 0. The maximum Gasteiger partial charge on any atom is 0.232 e.